The quantitative estimate of drug-likeness (QED) is 0.808. The van der Waals surface area contributed by atoms with E-state index in [-0.39, 0.29) is 29.5 Å². The predicted octanol–water partition coefficient (Wildman–Crippen LogP) is 0.402. The molecular formula is C18H23N7O2. The first-order chi connectivity index (χ1) is 13.2. The normalized spacial score (nSPS) is 22.3. The summed E-state index contributed by atoms with van der Waals surface area (Å²) in [6, 6.07) is 1.85. The highest BCUT2D eigenvalue weighted by molar-refractivity contribution is 5.92. The van der Waals surface area contributed by atoms with Gasteiger partial charge >= 0.3 is 0 Å². The Morgan fingerprint density at radius 1 is 1.19 bits per heavy atom. The zero-order chi connectivity index (χ0) is 18.8. The number of nitrogens with one attached hydrogen (secondary N) is 2. The van der Waals surface area contributed by atoms with Gasteiger partial charge in [0.1, 0.15) is 0 Å². The molecule has 4 rings (SSSR count). The summed E-state index contributed by atoms with van der Waals surface area (Å²) in [6.45, 7) is 2.67. The molecule has 2 aromatic heterocycles. The topological polar surface area (TPSA) is 107 Å². The average Bonchev–Trinajstić information content (AvgIpc) is 3.48. The molecule has 0 spiro atoms. The van der Waals surface area contributed by atoms with Crippen LogP contribution in [0, 0.1) is 5.92 Å². The van der Waals surface area contributed by atoms with E-state index < -0.39 is 0 Å². The Balaban J connectivity index is 1.60. The fourth-order valence-electron chi connectivity index (χ4n) is 3.89. The molecular weight excluding hydrogens is 346 g/mol. The van der Waals surface area contributed by atoms with Crippen molar-refractivity contribution < 1.29 is 9.59 Å². The van der Waals surface area contributed by atoms with Crippen LogP contribution in [0.3, 0.4) is 0 Å². The van der Waals surface area contributed by atoms with Gasteiger partial charge in [-0.1, -0.05) is 0 Å². The zero-order valence-electron chi connectivity index (χ0n) is 15.3. The van der Waals surface area contributed by atoms with Crippen molar-refractivity contribution in [3.63, 3.8) is 0 Å². The second-order valence-electron chi connectivity index (χ2n) is 6.95. The zero-order valence-corrected chi connectivity index (χ0v) is 15.3. The van der Waals surface area contributed by atoms with Gasteiger partial charge < -0.3 is 20.1 Å². The molecule has 2 saturated heterocycles. The van der Waals surface area contributed by atoms with Crippen LogP contribution in [-0.2, 0) is 4.79 Å². The fourth-order valence-corrected chi connectivity index (χ4v) is 3.89. The third-order valence-electron chi connectivity index (χ3n) is 5.32. The lowest BCUT2D eigenvalue weighted by Crippen LogP contribution is -2.34. The van der Waals surface area contributed by atoms with Gasteiger partial charge in [0.25, 0.3) is 5.91 Å². The maximum atomic E-state index is 12.7. The van der Waals surface area contributed by atoms with Gasteiger partial charge in [0.2, 0.25) is 11.9 Å². The highest BCUT2D eigenvalue weighted by Gasteiger charge is 2.41. The van der Waals surface area contributed by atoms with Crippen LogP contribution in [-0.4, -0.2) is 69.9 Å². The molecule has 4 heterocycles. The maximum absolute atomic E-state index is 12.7. The second-order valence-corrected chi connectivity index (χ2v) is 6.95. The third kappa shape index (κ3) is 3.36. The Kier molecular flexibility index (Phi) is 4.74. The van der Waals surface area contributed by atoms with Gasteiger partial charge in [-0.2, -0.15) is 0 Å². The van der Waals surface area contributed by atoms with Crippen molar-refractivity contribution in [2.45, 2.75) is 18.8 Å². The molecule has 0 aliphatic carbocycles. The molecule has 9 nitrogen and oxygen atoms in total. The fraction of sp³-hybridized carbons (Fsp3) is 0.500. The largest absolute Gasteiger partial charge is 0.359 e. The summed E-state index contributed by atoms with van der Waals surface area (Å²) in [5.74, 6) is 0.174. The monoisotopic (exact) mass is 369 g/mol. The number of H-pyrrole nitrogens is 1. The average molecular weight is 369 g/mol. The van der Waals surface area contributed by atoms with Crippen LogP contribution in [0.1, 0.15) is 35.1 Å². The molecule has 0 bridgehead atoms. The standard InChI is InChI=1S/C18H23N7O2/c1-19-16(26)13-11-25(17(27)15-20-6-7-21-15)10-12(13)14-4-5-22-18(23-14)24-8-2-3-9-24/h4-7,12-13H,2-3,8-11H2,1H3,(H,19,26)(H,20,21)/t12-,13-/m1/s1. The minimum atomic E-state index is -0.352. The van der Waals surface area contributed by atoms with E-state index in [1.807, 2.05) is 6.07 Å². The minimum Gasteiger partial charge on any atom is -0.359 e. The van der Waals surface area contributed by atoms with Crippen molar-refractivity contribution in [3.05, 3.63) is 36.2 Å². The summed E-state index contributed by atoms with van der Waals surface area (Å²) in [6.07, 6.45) is 7.19. The van der Waals surface area contributed by atoms with E-state index in [1.165, 1.54) is 0 Å². The Labute approximate surface area is 157 Å². The maximum Gasteiger partial charge on any atom is 0.289 e. The Morgan fingerprint density at radius 2 is 2.00 bits per heavy atom. The molecule has 2 amide bonds. The Bertz CT molecular complexity index is 817. The first kappa shape index (κ1) is 17.4. The van der Waals surface area contributed by atoms with Crippen molar-refractivity contribution in [1.29, 1.82) is 0 Å². The molecule has 0 unspecified atom stereocenters. The molecule has 0 radical (unpaired) electrons. The van der Waals surface area contributed by atoms with Gasteiger partial charge in [-0.05, 0) is 18.9 Å². The number of aromatic nitrogens is 4. The summed E-state index contributed by atoms with van der Waals surface area (Å²) in [4.78, 5) is 45.0. The van der Waals surface area contributed by atoms with E-state index in [1.54, 1.807) is 30.5 Å². The van der Waals surface area contributed by atoms with Crippen LogP contribution < -0.4 is 10.2 Å². The van der Waals surface area contributed by atoms with Gasteiger partial charge in [-0.3, -0.25) is 9.59 Å². The minimum absolute atomic E-state index is 0.0870. The lowest BCUT2D eigenvalue weighted by molar-refractivity contribution is -0.124. The summed E-state index contributed by atoms with van der Waals surface area (Å²) in [5, 5.41) is 2.72. The van der Waals surface area contributed by atoms with Crippen molar-refractivity contribution in [3.8, 4) is 0 Å². The lowest BCUT2D eigenvalue weighted by Gasteiger charge is -2.19. The number of hydrogen-bond acceptors (Lipinski definition) is 6. The van der Waals surface area contributed by atoms with Crippen molar-refractivity contribution >= 4 is 17.8 Å². The van der Waals surface area contributed by atoms with E-state index in [0.29, 0.717) is 19.0 Å². The molecule has 0 saturated carbocycles. The molecule has 0 aromatic carbocycles. The van der Waals surface area contributed by atoms with Crippen molar-refractivity contribution in [2.75, 3.05) is 38.1 Å². The molecule has 27 heavy (non-hydrogen) atoms. The van der Waals surface area contributed by atoms with Crippen molar-refractivity contribution in [2.24, 2.45) is 5.92 Å². The van der Waals surface area contributed by atoms with Gasteiger partial charge in [0.05, 0.1) is 11.6 Å². The van der Waals surface area contributed by atoms with E-state index >= 15 is 0 Å². The third-order valence-corrected chi connectivity index (χ3v) is 5.32. The number of likely N-dealkylation sites (tertiary alicyclic amines) is 1. The summed E-state index contributed by atoms with van der Waals surface area (Å²) >= 11 is 0. The van der Waals surface area contributed by atoms with E-state index in [9.17, 15) is 9.59 Å². The highest BCUT2D eigenvalue weighted by atomic mass is 16.2. The smallest absolute Gasteiger partial charge is 0.289 e. The molecule has 142 valence electrons. The Hall–Kier alpha value is -2.97. The molecule has 2 fully saturated rings. The molecule has 2 aromatic rings. The number of amides is 2. The molecule has 2 aliphatic heterocycles. The lowest BCUT2D eigenvalue weighted by atomic mass is 9.92. The molecule has 2 atom stereocenters. The number of nitrogens with zero attached hydrogens (tertiary/aromatic N) is 5. The number of anilines is 1. The van der Waals surface area contributed by atoms with Gasteiger partial charge in [-0.25, -0.2) is 15.0 Å². The van der Waals surface area contributed by atoms with Crippen LogP contribution in [0.5, 0.6) is 0 Å². The summed E-state index contributed by atoms with van der Waals surface area (Å²) in [5.41, 5.74) is 0.801. The molecule has 9 heteroatoms. The number of hydrogen-bond donors (Lipinski definition) is 2. The number of aromatic amines is 1. The number of carbonyl (C=O) groups excluding carboxylic acids is 2. The number of rotatable bonds is 4. The van der Waals surface area contributed by atoms with Crippen LogP contribution in [0.25, 0.3) is 0 Å². The van der Waals surface area contributed by atoms with E-state index in [0.717, 1.165) is 31.6 Å². The summed E-state index contributed by atoms with van der Waals surface area (Å²) in [7, 11) is 1.62. The highest BCUT2D eigenvalue weighted by Crippen LogP contribution is 2.33. The summed E-state index contributed by atoms with van der Waals surface area (Å²) < 4.78 is 0. The van der Waals surface area contributed by atoms with E-state index in [4.69, 9.17) is 4.98 Å². The second kappa shape index (κ2) is 7.34. The van der Waals surface area contributed by atoms with Crippen LogP contribution >= 0.6 is 0 Å². The first-order valence-electron chi connectivity index (χ1n) is 9.25. The first-order valence-corrected chi connectivity index (χ1v) is 9.25. The SMILES string of the molecule is CNC(=O)[C@@H]1CN(C(=O)c2ncc[nH]2)C[C@H]1c1ccnc(N2CCCC2)n1. The number of imidazole rings is 1. The molecule has 2 aliphatic rings. The Morgan fingerprint density at radius 3 is 2.70 bits per heavy atom. The molecule has 2 N–H and O–H groups in total. The number of carbonyl (C=O) groups is 2. The van der Waals surface area contributed by atoms with Crippen LogP contribution in [0.4, 0.5) is 5.95 Å². The van der Waals surface area contributed by atoms with Crippen molar-refractivity contribution in [1.82, 2.24) is 30.2 Å². The van der Waals surface area contributed by atoms with Crippen LogP contribution in [0.15, 0.2) is 24.7 Å². The van der Waals surface area contributed by atoms with Crippen LogP contribution in [0.2, 0.25) is 0 Å². The van der Waals surface area contributed by atoms with E-state index in [2.05, 4.69) is 25.2 Å². The van der Waals surface area contributed by atoms with Gasteiger partial charge in [0.15, 0.2) is 5.82 Å². The van der Waals surface area contributed by atoms with Gasteiger partial charge in [0, 0.05) is 57.7 Å². The predicted molar refractivity (Wildman–Crippen MR) is 98.3 cm³/mol. The van der Waals surface area contributed by atoms with Gasteiger partial charge in [-0.15, -0.1) is 0 Å².